The van der Waals surface area contributed by atoms with Crippen molar-refractivity contribution >= 4 is 23.4 Å². The van der Waals surface area contributed by atoms with E-state index in [1.807, 2.05) is 12.1 Å². The summed E-state index contributed by atoms with van der Waals surface area (Å²) >= 11 is 5.98. The largest absolute Gasteiger partial charge is 0.367 e. The SMILES string of the molecule is O=C1c2ccccc2C(=O)N1CCO[C@@H](c1ccc(F)cc1)c1ccc(Cl)cc1. The molecule has 6 heteroatoms. The average Bonchev–Trinajstić information content (AvgIpc) is 2.98. The summed E-state index contributed by atoms with van der Waals surface area (Å²) in [5.41, 5.74) is 2.41. The van der Waals surface area contributed by atoms with Crippen LogP contribution in [0.25, 0.3) is 0 Å². The average molecular weight is 410 g/mol. The van der Waals surface area contributed by atoms with Crippen molar-refractivity contribution in [2.75, 3.05) is 13.2 Å². The number of hydrogen-bond acceptors (Lipinski definition) is 3. The monoisotopic (exact) mass is 409 g/mol. The van der Waals surface area contributed by atoms with Gasteiger partial charge in [0.05, 0.1) is 24.3 Å². The number of halogens is 2. The molecule has 0 saturated heterocycles. The van der Waals surface area contributed by atoms with E-state index in [1.165, 1.54) is 17.0 Å². The first kappa shape index (κ1) is 19.3. The van der Waals surface area contributed by atoms with Crippen LogP contribution in [0.2, 0.25) is 5.02 Å². The van der Waals surface area contributed by atoms with Gasteiger partial charge in [-0.3, -0.25) is 14.5 Å². The van der Waals surface area contributed by atoms with Crippen LogP contribution in [0, 0.1) is 5.82 Å². The molecule has 1 aliphatic heterocycles. The van der Waals surface area contributed by atoms with Crippen molar-refractivity contribution in [3.05, 3.63) is 106 Å². The van der Waals surface area contributed by atoms with E-state index in [0.717, 1.165) is 11.1 Å². The third kappa shape index (κ3) is 3.92. The first-order chi connectivity index (χ1) is 14.0. The fourth-order valence-electron chi connectivity index (χ4n) is 3.36. The summed E-state index contributed by atoms with van der Waals surface area (Å²) in [6, 6.07) is 19.9. The number of benzene rings is 3. The molecule has 0 spiro atoms. The molecule has 0 fully saturated rings. The second-order valence-corrected chi connectivity index (χ2v) is 7.10. The molecule has 1 aliphatic rings. The van der Waals surface area contributed by atoms with E-state index >= 15 is 0 Å². The number of carbonyl (C=O) groups excluding carboxylic acids is 2. The highest BCUT2D eigenvalue weighted by Crippen LogP contribution is 2.28. The maximum absolute atomic E-state index is 13.3. The van der Waals surface area contributed by atoms with Crippen molar-refractivity contribution in [2.24, 2.45) is 0 Å². The highest BCUT2D eigenvalue weighted by molar-refractivity contribution is 6.30. The Hall–Kier alpha value is -3.02. The molecule has 0 radical (unpaired) electrons. The smallest absolute Gasteiger partial charge is 0.261 e. The van der Waals surface area contributed by atoms with Gasteiger partial charge in [0.2, 0.25) is 0 Å². The lowest BCUT2D eigenvalue weighted by atomic mass is 10.0. The van der Waals surface area contributed by atoms with Crippen molar-refractivity contribution in [2.45, 2.75) is 6.10 Å². The van der Waals surface area contributed by atoms with E-state index in [-0.39, 0.29) is 30.8 Å². The van der Waals surface area contributed by atoms with E-state index in [0.29, 0.717) is 16.1 Å². The van der Waals surface area contributed by atoms with E-state index in [1.54, 1.807) is 48.5 Å². The maximum atomic E-state index is 13.3. The molecule has 1 atom stereocenters. The van der Waals surface area contributed by atoms with E-state index < -0.39 is 6.10 Å². The highest BCUT2D eigenvalue weighted by atomic mass is 35.5. The Kier molecular flexibility index (Phi) is 5.43. The lowest BCUT2D eigenvalue weighted by Gasteiger charge is -2.21. The van der Waals surface area contributed by atoms with Gasteiger partial charge in [-0.1, -0.05) is 48.0 Å². The van der Waals surface area contributed by atoms with Gasteiger partial charge >= 0.3 is 0 Å². The summed E-state index contributed by atoms with van der Waals surface area (Å²) in [6.07, 6.45) is -0.483. The summed E-state index contributed by atoms with van der Waals surface area (Å²) in [7, 11) is 0. The highest BCUT2D eigenvalue weighted by Gasteiger charge is 2.34. The van der Waals surface area contributed by atoms with Crippen LogP contribution in [-0.2, 0) is 4.74 Å². The van der Waals surface area contributed by atoms with Crippen LogP contribution < -0.4 is 0 Å². The standard InChI is InChI=1S/C23H17ClFNO3/c24-17-9-5-15(6-10-17)21(16-7-11-18(25)12-8-16)29-14-13-26-22(27)19-3-1-2-4-20(19)23(26)28/h1-12,21H,13-14H2/t21-/m1/s1. The molecule has 4 rings (SSSR count). The van der Waals surface area contributed by atoms with Crippen LogP contribution >= 0.6 is 11.6 Å². The summed E-state index contributed by atoms with van der Waals surface area (Å²) in [6.45, 7) is 0.258. The van der Waals surface area contributed by atoms with Gasteiger partial charge in [-0.2, -0.15) is 0 Å². The molecule has 2 amide bonds. The molecule has 146 valence electrons. The molecule has 4 nitrogen and oxygen atoms in total. The van der Waals surface area contributed by atoms with Crippen LogP contribution in [0.15, 0.2) is 72.8 Å². The van der Waals surface area contributed by atoms with E-state index in [9.17, 15) is 14.0 Å². The maximum Gasteiger partial charge on any atom is 0.261 e. The van der Waals surface area contributed by atoms with Crippen molar-refractivity contribution in [3.8, 4) is 0 Å². The number of ether oxygens (including phenoxy) is 1. The fraction of sp³-hybridized carbons (Fsp3) is 0.130. The topological polar surface area (TPSA) is 46.6 Å². The van der Waals surface area contributed by atoms with Gasteiger partial charge in [0, 0.05) is 5.02 Å². The molecule has 0 saturated carbocycles. The van der Waals surface area contributed by atoms with Gasteiger partial charge in [-0.05, 0) is 47.5 Å². The summed E-state index contributed by atoms with van der Waals surface area (Å²) in [5, 5.41) is 0.595. The lowest BCUT2D eigenvalue weighted by Crippen LogP contribution is -2.33. The summed E-state index contributed by atoms with van der Waals surface area (Å²) in [5.74, 6) is -0.979. The van der Waals surface area contributed by atoms with Gasteiger partial charge in [-0.25, -0.2) is 4.39 Å². The second-order valence-electron chi connectivity index (χ2n) is 6.66. The Labute approximate surface area is 172 Å². The van der Waals surface area contributed by atoms with Crippen LogP contribution in [0.3, 0.4) is 0 Å². The van der Waals surface area contributed by atoms with E-state index in [2.05, 4.69) is 0 Å². The Bertz CT molecular complexity index is 970. The third-order valence-corrected chi connectivity index (χ3v) is 5.08. The minimum atomic E-state index is -0.483. The van der Waals surface area contributed by atoms with Crippen molar-refractivity contribution in [3.63, 3.8) is 0 Å². The number of imide groups is 1. The summed E-state index contributed by atoms with van der Waals surface area (Å²) in [4.78, 5) is 26.2. The molecule has 3 aromatic carbocycles. The zero-order valence-electron chi connectivity index (χ0n) is 15.3. The first-order valence-electron chi connectivity index (χ1n) is 9.12. The predicted octanol–water partition coefficient (Wildman–Crippen LogP) is 4.88. The van der Waals surface area contributed by atoms with Crippen molar-refractivity contribution in [1.82, 2.24) is 4.90 Å². The van der Waals surface area contributed by atoms with Crippen molar-refractivity contribution < 1.29 is 18.7 Å². The molecule has 0 aromatic heterocycles. The molecule has 0 unspecified atom stereocenters. The van der Waals surface area contributed by atoms with Crippen LogP contribution in [-0.4, -0.2) is 29.9 Å². The zero-order chi connectivity index (χ0) is 20.4. The molecule has 0 N–H and O–H groups in total. The van der Waals surface area contributed by atoms with Gasteiger partial charge in [-0.15, -0.1) is 0 Å². The van der Waals surface area contributed by atoms with Gasteiger partial charge in [0.25, 0.3) is 11.8 Å². The number of fused-ring (bicyclic) bond motifs is 1. The number of carbonyl (C=O) groups is 2. The number of rotatable bonds is 6. The van der Waals surface area contributed by atoms with Crippen LogP contribution in [0.4, 0.5) is 4.39 Å². The van der Waals surface area contributed by atoms with Gasteiger partial charge < -0.3 is 4.74 Å². The number of amides is 2. The van der Waals surface area contributed by atoms with E-state index in [4.69, 9.17) is 16.3 Å². The first-order valence-corrected chi connectivity index (χ1v) is 9.50. The molecule has 3 aromatic rings. The molecule has 29 heavy (non-hydrogen) atoms. The minimum absolute atomic E-state index is 0.123. The number of hydrogen-bond donors (Lipinski definition) is 0. The predicted molar refractivity (Wildman–Crippen MR) is 107 cm³/mol. The second kappa shape index (κ2) is 8.15. The lowest BCUT2D eigenvalue weighted by molar-refractivity contribution is 0.0453. The molecule has 1 heterocycles. The zero-order valence-corrected chi connectivity index (χ0v) is 16.1. The normalized spacial score (nSPS) is 14.2. The minimum Gasteiger partial charge on any atom is -0.367 e. The Morgan fingerprint density at radius 2 is 1.34 bits per heavy atom. The quantitative estimate of drug-likeness (QED) is 0.545. The van der Waals surface area contributed by atoms with Gasteiger partial charge in [0.1, 0.15) is 11.9 Å². The molecule has 0 aliphatic carbocycles. The Morgan fingerprint density at radius 3 is 1.90 bits per heavy atom. The van der Waals surface area contributed by atoms with Crippen LogP contribution in [0.1, 0.15) is 37.9 Å². The fourth-order valence-corrected chi connectivity index (χ4v) is 3.49. The summed E-state index contributed by atoms with van der Waals surface area (Å²) < 4.78 is 19.4. The Morgan fingerprint density at radius 1 is 0.828 bits per heavy atom. The number of nitrogens with zero attached hydrogens (tertiary/aromatic N) is 1. The Balaban J connectivity index is 1.50. The van der Waals surface area contributed by atoms with Crippen molar-refractivity contribution in [1.29, 1.82) is 0 Å². The third-order valence-electron chi connectivity index (χ3n) is 4.82. The van der Waals surface area contributed by atoms with Gasteiger partial charge in [0.15, 0.2) is 0 Å². The molecular weight excluding hydrogens is 393 g/mol. The molecular formula is C23H17ClFNO3. The molecule has 0 bridgehead atoms. The van der Waals surface area contributed by atoms with Crippen LogP contribution in [0.5, 0.6) is 0 Å².